The molecule has 0 unspecified atom stereocenters. The van der Waals surface area contributed by atoms with Gasteiger partial charge < -0.3 is 18.9 Å². The van der Waals surface area contributed by atoms with Crippen molar-refractivity contribution in [3.63, 3.8) is 0 Å². The molecule has 10 nitrogen and oxygen atoms in total. The van der Waals surface area contributed by atoms with Crippen LogP contribution in [0, 0.1) is 6.92 Å². The molecule has 2 aliphatic heterocycles. The standard InChI is InChI=1S/C34H45N7O3Si/c1-23-10-8-11-26(36-23)31-30(28-12-9-16-41(28)38-31)24-13-15-35-27(20-24)32-37-25-14-17-39(33(42)44-34(2,3)4)21-29(25)40(32)22-43-18-19-45(5,6)7/h8,10-11,13,15,20H,9,12,14,16-19,21-22H2,1-7H3. The predicted octanol–water partition coefficient (Wildman–Crippen LogP) is 6.73. The number of hydrogen-bond donors (Lipinski definition) is 0. The van der Waals surface area contributed by atoms with Crippen LogP contribution in [0.1, 0.15) is 50.0 Å². The number of rotatable bonds is 8. The van der Waals surface area contributed by atoms with E-state index in [1.165, 1.54) is 5.69 Å². The van der Waals surface area contributed by atoms with Gasteiger partial charge in [-0.1, -0.05) is 25.7 Å². The van der Waals surface area contributed by atoms with Crippen LogP contribution in [-0.2, 0) is 42.1 Å². The predicted molar refractivity (Wildman–Crippen MR) is 177 cm³/mol. The molecule has 6 rings (SSSR count). The molecule has 238 valence electrons. The largest absolute Gasteiger partial charge is 0.444 e. The molecular formula is C34H45N7O3Si. The van der Waals surface area contributed by atoms with E-state index >= 15 is 0 Å². The molecular weight excluding hydrogens is 583 g/mol. The van der Waals surface area contributed by atoms with Crippen molar-refractivity contribution in [1.29, 1.82) is 0 Å². The molecule has 0 bridgehead atoms. The zero-order valence-corrected chi connectivity index (χ0v) is 28.7. The summed E-state index contributed by atoms with van der Waals surface area (Å²) in [5.74, 6) is 0.750. The second-order valence-electron chi connectivity index (χ2n) is 14.3. The van der Waals surface area contributed by atoms with E-state index in [0.29, 0.717) is 32.8 Å². The van der Waals surface area contributed by atoms with E-state index in [1.807, 2.05) is 52.1 Å². The Morgan fingerprint density at radius 3 is 2.60 bits per heavy atom. The lowest BCUT2D eigenvalue weighted by atomic mass is 10.00. The fourth-order valence-electron chi connectivity index (χ4n) is 5.96. The molecule has 1 amide bonds. The molecule has 0 radical (unpaired) electrons. The number of amides is 1. The van der Waals surface area contributed by atoms with E-state index in [-0.39, 0.29) is 6.09 Å². The molecule has 4 aromatic rings. The number of imidazole rings is 1. The number of hydrogen-bond acceptors (Lipinski definition) is 7. The lowest BCUT2D eigenvalue weighted by molar-refractivity contribution is 0.0208. The van der Waals surface area contributed by atoms with Gasteiger partial charge in [-0.2, -0.15) is 5.10 Å². The van der Waals surface area contributed by atoms with Crippen LogP contribution in [0.25, 0.3) is 34.0 Å². The van der Waals surface area contributed by atoms with E-state index < -0.39 is 13.7 Å². The minimum Gasteiger partial charge on any atom is -0.444 e. The number of carbonyl (C=O) groups is 1. The first kappa shape index (κ1) is 31.2. The Morgan fingerprint density at radius 2 is 1.84 bits per heavy atom. The second-order valence-corrected chi connectivity index (χ2v) is 20.0. The van der Waals surface area contributed by atoms with Crippen molar-refractivity contribution >= 4 is 14.2 Å². The third-order valence-corrected chi connectivity index (χ3v) is 9.94. The highest BCUT2D eigenvalue weighted by Gasteiger charge is 2.31. The number of nitrogens with zero attached hydrogens (tertiary/aromatic N) is 7. The lowest BCUT2D eigenvalue weighted by Crippen LogP contribution is -2.40. The van der Waals surface area contributed by atoms with Crippen molar-refractivity contribution in [1.82, 2.24) is 34.2 Å². The summed E-state index contributed by atoms with van der Waals surface area (Å²) in [6, 6.07) is 11.3. The van der Waals surface area contributed by atoms with Crippen molar-refractivity contribution in [2.24, 2.45) is 0 Å². The molecule has 0 N–H and O–H groups in total. The van der Waals surface area contributed by atoms with E-state index in [2.05, 4.69) is 41.0 Å². The topological polar surface area (TPSA) is 100 Å². The minimum atomic E-state index is -1.26. The van der Waals surface area contributed by atoms with Gasteiger partial charge in [-0.15, -0.1) is 0 Å². The maximum atomic E-state index is 13.0. The maximum absolute atomic E-state index is 13.0. The van der Waals surface area contributed by atoms with Crippen LogP contribution in [0.3, 0.4) is 0 Å². The van der Waals surface area contributed by atoms with E-state index in [1.54, 1.807) is 4.90 Å². The number of aryl methyl sites for hydroxylation is 2. The summed E-state index contributed by atoms with van der Waals surface area (Å²) in [6.45, 7) is 17.6. The van der Waals surface area contributed by atoms with Gasteiger partial charge in [-0.05, 0) is 76.4 Å². The number of carbonyl (C=O) groups excluding carboxylic acids is 1. The summed E-state index contributed by atoms with van der Waals surface area (Å²) in [6.07, 6.45) is 4.24. The molecule has 0 saturated heterocycles. The van der Waals surface area contributed by atoms with Crippen LogP contribution in [0.4, 0.5) is 4.79 Å². The summed E-state index contributed by atoms with van der Waals surface area (Å²) in [4.78, 5) is 29.6. The molecule has 0 aliphatic carbocycles. The van der Waals surface area contributed by atoms with Gasteiger partial charge in [-0.25, -0.2) is 9.78 Å². The quantitative estimate of drug-likeness (QED) is 0.158. The van der Waals surface area contributed by atoms with Crippen molar-refractivity contribution in [3.05, 3.63) is 59.3 Å². The molecule has 11 heteroatoms. The van der Waals surface area contributed by atoms with Gasteiger partial charge in [0.1, 0.15) is 23.7 Å². The van der Waals surface area contributed by atoms with E-state index in [9.17, 15) is 4.79 Å². The summed E-state index contributed by atoms with van der Waals surface area (Å²) in [5, 5.41) is 5.02. The maximum Gasteiger partial charge on any atom is 0.410 e. The van der Waals surface area contributed by atoms with E-state index in [0.717, 1.165) is 76.5 Å². The number of fused-ring (bicyclic) bond motifs is 2. The number of ether oxygens (including phenoxy) is 2. The lowest BCUT2D eigenvalue weighted by Gasteiger charge is -2.30. The Kier molecular flexibility index (Phi) is 8.42. The molecule has 0 atom stereocenters. The van der Waals surface area contributed by atoms with Crippen molar-refractivity contribution in [2.75, 3.05) is 13.2 Å². The van der Waals surface area contributed by atoms with Crippen molar-refractivity contribution in [2.45, 2.75) is 98.1 Å². The van der Waals surface area contributed by atoms with Gasteiger partial charge in [0, 0.05) is 57.3 Å². The van der Waals surface area contributed by atoms with Gasteiger partial charge >= 0.3 is 6.09 Å². The third kappa shape index (κ3) is 6.89. The Bertz CT molecular complexity index is 1710. The SMILES string of the molecule is Cc1cccc(-c2nn3c(c2-c2ccnc(-c4nc5c(n4COCC[Si](C)(C)C)CN(C(=O)OC(C)(C)C)CC5)c2)CCC3)n1. The number of pyridine rings is 2. The molecule has 0 saturated carbocycles. The fourth-order valence-corrected chi connectivity index (χ4v) is 6.72. The summed E-state index contributed by atoms with van der Waals surface area (Å²) in [5.41, 5.74) is 8.27. The number of aromatic nitrogens is 6. The highest BCUT2D eigenvalue weighted by atomic mass is 28.3. The van der Waals surface area contributed by atoms with Gasteiger partial charge in [0.25, 0.3) is 0 Å². The van der Waals surface area contributed by atoms with E-state index in [4.69, 9.17) is 29.5 Å². The Morgan fingerprint density at radius 1 is 1.02 bits per heavy atom. The highest BCUT2D eigenvalue weighted by molar-refractivity contribution is 6.76. The summed E-state index contributed by atoms with van der Waals surface area (Å²) in [7, 11) is -1.26. The Balaban J connectivity index is 1.39. The normalized spacial score (nSPS) is 14.9. The first-order chi connectivity index (χ1) is 21.4. The molecule has 45 heavy (non-hydrogen) atoms. The van der Waals surface area contributed by atoms with Gasteiger partial charge in [-0.3, -0.25) is 14.6 Å². The van der Waals surface area contributed by atoms with Crippen LogP contribution in [0.5, 0.6) is 0 Å². The first-order valence-electron chi connectivity index (χ1n) is 16.0. The molecule has 0 spiro atoms. The van der Waals surface area contributed by atoms with Crippen LogP contribution < -0.4 is 0 Å². The van der Waals surface area contributed by atoms with Crippen LogP contribution in [0.2, 0.25) is 25.7 Å². The van der Waals surface area contributed by atoms with Crippen molar-refractivity contribution < 1.29 is 14.3 Å². The van der Waals surface area contributed by atoms with Gasteiger partial charge in [0.15, 0.2) is 5.82 Å². The van der Waals surface area contributed by atoms with Crippen LogP contribution in [0.15, 0.2) is 36.5 Å². The average molecular weight is 628 g/mol. The average Bonchev–Trinajstić information content (AvgIpc) is 3.67. The monoisotopic (exact) mass is 627 g/mol. The smallest absolute Gasteiger partial charge is 0.410 e. The Hall–Kier alpha value is -3.83. The first-order valence-corrected chi connectivity index (χ1v) is 19.7. The molecule has 6 heterocycles. The third-order valence-electron chi connectivity index (χ3n) is 8.23. The van der Waals surface area contributed by atoms with Crippen molar-refractivity contribution in [3.8, 4) is 34.0 Å². The fraction of sp³-hybridized carbons (Fsp3) is 0.500. The second kappa shape index (κ2) is 12.2. The summed E-state index contributed by atoms with van der Waals surface area (Å²) < 4.78 is 16.2. The molecule has 2 aliphatic rings. The minimum absolute atomic E-state index is 0.311. The molecule has 0 fully saturated rings. The van der Waals surface area contributed by atoms with Gasteiger partial charge in [0.2, 0.25) is 0 Å². The molecule has 0 aromatic carbocycles. The zero-order valence-electron chi connectivity index (χ0n) is 27.7. The Labute approximate surface area is 266 Å². The summed E-state index contributed by atoms with van der Waals surface area (Å²) >= 11 is 0. The van der Waals surface area contributed by atoms with Gasteiger partial charge in [0.05, 0.1) is 23.6 Å². The van der Waals surface area contributed by atoms with Crippen LogP contribution >= 0.6 is 0 Å². The highest BCUT2D eigenvalue weighted by Crippen LogP contribution is 2.38. The molecule has 4 aromatic heterocycles. The van der Waals surface area contributed by atoms with Crippen LogP contribution in [-0.4, -0.2) is 67.1 Å². The zero-order chi connectivity index (χ0) is 31.9.